The lowest BCUT2D eigenvalue weighted by molar-refractivity contribution is -0.137. The highest BCUT2D eigenvalue weighted by Gasteiger charge is 2.11. The lowest BCUT2D eigenvalue weighted by Crippen LogP contribution is -2.02. The van der Waals surface area contributed by atoms with Gasteiger partial charge in [-0.25, -0.2) is 0 Å². The molecule has 1 rings (SSSR count). The Bertz CT molecular complexity index is 433. The van der Waals surface area contributed by atoms with Crippen molar-refractivity contribution in [3.05, 3.63) is 27.7 Å². The second-order valence-electron chi connectivity index (χ2n) is 4.29. The van der Waals surface area contributed by atoms with Gasteiger partial charge in [0.15, 0.2) is 0 Å². The van der Waals surface area contributed by atoms with Crippen LogP contribution in [-0.2, 0) is 11.2 Å². The van der Waals surface area contributed by atoms with Crippen molar-refractivity contribution in [2.45, 2.75) is 39.0 Å². The Labute approximate surface area is 123 Å². The first-order chi connectivity index (χ1) is 9.06. The Hall–Kier alpha value is -0.930. The summed E-state index contributed by atoms with van der Waals surface area (Å²) in [6.45, 7) is 2.55. The van der Waals surface area contributed by atoms with Crippen LogP contribution < -0.4 is 4.74 Å². The van der Waals surface area contributed by atoms with Gasteiger partial charge in [-0.2, -0.15) is 0 Å². The number of carboxylic acid groups (broad SMARTS) is 1. The average molecular weight is 305 g/mol. The fourth-order valence-electron chi connectivity index (χ4n) is 1.75. The van der Waals surface area contributed by atoms with Crippen molar-refractivity contribution in [3.63, 3.8) is 0 Å². The summed E-state index contributed by atoms with van der Waals surface area (Å²) in [6.07, 6.45) is 3.25. The molecule has 1 N–H and O–H groups in total. The summed E-state index contributed by atoms with van der Waals surface area (Å²) in [7, 11) is 0. The lowest BCUT2D eigenvalue weighted by atomic mass is 10.1. The van der Waals surface area contributed by atoms with E-state index in [2.05, 4.69) is 6.92 Å². The summed E-state index contributed by atoms with van der Waals surface area (Å²) in [6, 6.07) is 3.53. The molecule has 19 heavy (non-hydrogen) atoms. The second-order valence-corrected chi connectivity index (χ2v) is 5.07. The normalized spacial score (nSPS) is 10.5. The number of ether oxygens (including phenoxy) is 1. The Morgan fingerprint density at radius 3 is 2.68 bits per heavy atom. The molecule has 106 valence electrons. The van der Waals surface area contributed by atoms with Crippen LogP contribution >= 0.6 is 23.2 Å². The first-order valence-electron chi connectivity index (χ1n) is 6.37. The molecule has 0 heterocycles. The van der Waals surface area contributed by atoms with Crippen molar-refractivity contribution in [2.75, 3.05) is 6.61 Å². The van der Waals surface area contributed by atoms with Gasteiger partial charge in [-0.15, -0.1) is 0 Å². The topological polar surface area (TPSA) is 46.5 Å². The molecule has 0 fully saturated rings. The van der Waals surface area contributed by atoms with Gasteiger partial charge in [-0.3, -0.25) is 4.79 Å². The molecular weight excluding hydrogens is 287 g/mol. The molecular formula is C14H18Cl2O3. The number of hydrogen-bond acceptors (Lipinski definition) is 2. The molecule has 0 aromatic heterocycles. The quantitative estimate of drug-likeness (QED) is 0.715. The maximum Gasteiger partial charge on any atom is 0.303 e. The van der Waals surface area contributed by atoms with Crippen molar-refractivity contribution in [1.82, 2.24) is 0 Å². The molecule has 0 aliphatic carbocycles. The van der Waals surface area contributed by atoms with E-state index in [9.17, 15) is 4.79 Å². The van der Waals surface area contributed by atoms with Crippen LogP contribution in [0.25, 0.3) is 0 Å². The van der Waals surface area contributed by atoms with Crippen molar-refractivity contribution >= 4 is 29.2 Å². The number of carbonyl (C=O) groups is 1. The van der Waals surface area contributed by atoms with Gasteiger partial charge in [0.05, 0.1) is 16.7 Å². The molecule has 0 saturated heterocycles. The predicted molar refractivity (Wildman–Crippen MR) is 77.4 cm³/mol. The van der Waals surface area contributed by atoms with Gasteiger partial charge in [-0.1, -0.05) is 36.5 Å². The van der Waals surface area contributed by atoms with E-state index in [-0.39, 0.29) is 6.42 Å². The maximum atomic E-state index is 10.4. The minimum atomic E-state index is -0.777. The van der Waals surface area contributed by atoms with Crippen LogP contribution in [0.15, 0.2) is 12.1 Å². The zero-order valence-electron chi connectivity index (χ0n) is 10.9. The Morgan fingerprint density at radius 2 is 2.05 bits per heavy atom. The second kappa shape index (κ2) is 8.28. The molecule has 1 aromatic carbocycles. The Balaban J connectivity index is 2.57. The number of hydrogen-bond donors (Lipinski definition) is 1. The van der Waals surface area contributed by atoms with Crippen LogP contribution in [-0.4, -0.2) is 17.7 Å². The zero-order chi connectivity index (χ0) is 14.3. The predicted octanol–water partition coefficient (Wildman–Crippen LogP) is 4.58. The molecule has 0 aliphatic rings. The van der Waals surface area contributed by atoms with Crippen LogP contribution in [0.2, 0.25) is 10.0 Å². The highest BCUT2D eigenvalue weighted by atomic mass is 35.5. The molecule has 0 spiro atoms. The van der Waals surface area contributed by atoms with Gasteiger partial charge in [0, 0.05) is 12.0 Å². The summed E-state index contributed by atoms with van der Waals surface area (Å²) in [5, 5.41) is 9.62. The summed E-state index contributed by atoms with van der Waals surface area (Å²) in [4.78, 5) is 10.4. The fourth-order valence-corrected chi connectivity index (χ4v) is 2.18. The molecule has 0 unspecified atom stereocenters. The van der Waals surface area contributed by atoms with Crippen LogP contribution in [0.3, 0.4) is 0 Å². The molecule has 0 amide bonds. The summed E-state index contributed by atoms with van der Waals surface area (Å²) in [5.41, 5.74) is 0.926. The van der Waals surface area contributed by atoms with E-state index in [1.165, 1.54) is 0 Å². The highest BCUT2D eigenvalue weighted by molar-refractivity contribution is 6.42. The van der Waals surface area contributed by atoms with Crippen LogP contribution in [0.4, 0.5) is 0 Å². The average Bonchev–Trinajstić information content (AvgIpc) is 2.36. The van der Waals surface area contributed by atoms with E-state index < -0.39 is 5.97 Å². The third-order valence-electron chi connectivity index (χ3n) is 2.70. The minimum Gasteiger partial charge on any atom is -0.493 e. The summed E-state index contributed by atoms with van der Waals surface area (Å²) < 4.78 is 5.67. The van der Waals surface area contributed by atoms with Crippen LogP contribution in [0.1, 0.15) is 38.2 Å². The molecule has 0 bridgehead atoms. The smallest absolute Gasteiger partial charge is 0.303 e. The molecule has 0 atom stereocenters. The van der Waals surface area contributed by atoms with Crippen molar-refractivity contribution in [3.8, 4) is 5.75 Å². The largest absolute Gasteiger partial charge is 0.493 e. The molecule has 3 nitrogen and oxygen atoms in total. The van der Waals surface area contributed by atoms with Gasteiger partial charge in [-0.05, 0) is 31.4 Å². The molecule has 5 heteroatoms. The number of unbranched alkanes of at least 4 members (excludes halogenated alkanes) is 1. The van der Waals surface area contributed by atoms with E-state index >= 15 is 0 Å². The van der Waals surface area contributed by atoms with E-state index in [1.807, 2.05) is 6.07 Å². The van der Waals surface area contributed by atoms with Gasteiger partial charge >= 0.3 is 5.97 Å². The van der Waals surface area contributed by atoms with E-state index in [0.29, 0.717) is 29.5 Å². The standard InChI is InChI=1S/C14H18Cl2O3/c1-2-5-10-12(8-7-11(15)14(10)16)19-9-4-3-6-13(17)18/h7-8H,2-6,9H2,1H3,(H,17,18). The van der Waals surface area contributed by atoms with Gasteiger partial charge in [0.2, 0.25) is 0 Å². The highest BCUT2D eigenvalue weighted by Crippen LogP contribution is 2.34. The first kappa shape index (κ1) is 16.1. The molecule has 0 radical (unpaired) electrons. The fraction of sp³-hybridized carbons (Fsp3) is 0.500. The summed E-state index contributed by atoms with van der Waals surface area (Å²) in [5.74, 6) is -0.0345. The number of halogens is 2. The van der Waals surface area contributed by atoms with E-state index in [1.54, 1.807) is 6.07 Å². The van der Waals surface area contributed by atoms with Crippen molar-refractivity contribution in [2.24, 2.45) is 0 Å². The third-order valence-corrected chi connectivity index (χ3v) is 3.54. The Morgan fingerprint density at radius 1 is 1.32 bits per heavy atom. The number of aliphatic carboxylic acids is 1. The lowest BCUT2D eigenvalue weighted by Gasteiger charge is -2.13. The first-order valence-corrected chi connectivity index (χ1v) is 7.13. The molecule has 0 saturated carbocycles. The summed E-state index contributed by atoms with van der Waals surface area (Å²) >= 11 is 12.2. The van der Waals surface area contributed by atoms with Crippen molar-refractivity contribution in [1.29, 1.82) is 0 Å². The maximum absolute atomic E-state index is 10.4. The molecule has 1 aromatic rings. The number of rotatable bonds is 8. The van der Waals surface area contributed by atoms with Gasteiger partial charge < -0.3 is 9.84 Å². The van der Waals surface area contributed by atoms with E-state index in [4.69, 9.17) is 33.0 Å². The van der Waals surface area contributed by atoms with Crippen molar-refractivity contribution < 1.29 is 14.6 Å². The van der Waals surface area contributed by atoms with E-state index in [0.717, 1.165) is 24.2 Å². The number of carboxylic acids is 1. The molecule has 0 aliphatic heterocycles. The zero-order valence-corrected chi connectivity index (χ0v) is 12.4. The van der Waals surface area contributed by atoms with Gasteiger partial charge in [0.1, 0.15) is 5.75 Å². The van der Waals surface area contributed by atoms with Crippen LogP contribution in [0.5, 0.6) is 5.75 Å². The SMILES string of the molecule is CCCc1c(OCCCCC(=O)O)ccc(Cl)c1Cl. The van der Waals surface area contributed by atoms with Crippen LogP contribution in [0, 0.1) is 0 Å². The monoisotopic (exact) mass is 304 g/mol. The third kappa shape index (κ3) is 5.29. The number of benzene rings is 1. The van der Waals surface area contributed by atoms with Gasteiger partial charge in [0.25, 0.3) is 0 Å². The minimum absolute atomic E-state index is 0.173. The Kier molecular flexibility index (Phi) is 7.03.